The van der Waals surface area contributed by atoms with E-state index in [-0.39, 0.29) is 11.4 Å². The van der Waals surface area contributed by atoms with E-state index in [9.17, 15) is 10.1 Å². The molecule has 0 amide bonds. The monoisotopic (exact) mass is 273 g/mol. The first-order chi connectivity index (χ1) is 9.70. The molecule has 104 valence electrons. The van der Waals surface area contributed by atoms with Crippen molar-refractivity contribution in [2.75, 3.05) is 7.11 Å². The zero-order valence-electron chi connectivity index (χ0n) is 11.1. The van der Waals surface area contributed by atoms with E-state index in [2.05, 4.69) is 10.3 Å². The summed E-state index contributed by atoms with van der Waals surface area (Å²) < 4.78 is 4.96. The van der Waals surface area contributed by atoms with Crippen LogP contribution in [0.5, 0.6) is 5.75 Å². The molecule has 0 atom stereocenters. The number of aromatic nitrogens is 1. The SMILES string of the molecule is COc1ccc(CNCc2ccccn2)cc1[N+](=O)[O-]. The Morgan fingerprint density at radius 1 is 1.30 bits per heavy atom. The second-order valence-corrected chi connectivity index (χ2v) is 4.19. The number of nitrogens with zero attached hydrogens (tertiary/aromatic N) is 2. The van der Waals surface area contributed by atoms with Crippen molar-refractivity contribution < 1.29 is 9.66 Å². The highest BCUT2D eigenvalue weighted by atomic mass is 16.6. The fraction of sp³-hybridized carbons (Fsp3) is 0.214. The Balaban J connectivity index is 1.99. The minimum absolute atomic E-state index is 0.0235. The third-order valence-corrected chi connectivity index (χ3v) is 2.80. The topological polar surface area (TPSA) is 77.3 Å². The Hall–Kier alpha value is -2.47. The van der Waals surface area contributed by atoms with Crippen LogP contribution in [0.4, 0.5) is 5.69 Å². The van der Waals surface area contributed by atoms with Gasteiger partial charge in [0.15, 0.2) is 5.75 Å². The van der Waals surface area contributed by atoms with E-state index >= 15 is 0 Å². The van der Waals surface area contributed by atoms with E-state index in [0.29, 0.717) is 13.1 Å². The second-order valence-electron chi connectivity index (χ2n) is 4.19. The molecule has 0 unspecified atom stereocenters. The van der Waals surface area contributed by atoms with Crippen LogP contribution in [-0.4, -0.2) is 17.0 Å². The Labute approximate surface area is 116 Å². The number of nitro benzene ring substituents is 1. The Morgan fingerprint density at radius 2 is 2.15 bits per heavy atom. The minimum atomic E-state index is -0.443. The van der Waals surface area contributed by atoms with Gasteiger partial charge in [0.1, 0.15) is 0 Å². The van der Waals surface area contributed by atoms with Gasteiger partial charge in [-0.25, -0.2) is 0 Å². The Bertz CT molecular complexity index is 587. The molecule has 1 N–H and O–H groups in total. The number of methoxy groups -OCH3 is 1. The first-order valence-corrected chi connectivity index (χ1v) is 6.12. The van der Waals surface area contributed by atoms with E-state index < -0.39 is 4.92 Å². The number of benzene rings is 1. The van der Waals surface area contributed by atoms with E-state index in [1.807, 2.05) is 18.2 Å². The van der Waals surface area contributed by atoms with Crippen molar-refractivity contribution in [3.8, 4) is 5.75 Å². The van der Waals surface area contributed by atoms with E-state index in [1.54, 1.807) is 18.3 Å². The summed E-state index contributed by atoms with van der Waals surface area (Å²) in [5.74, 6) is 0.267. The second kappa shape index (κ2) is 6.63. The van der Waals surface area contributed by atoms with Gasteiger partial charge in [0.05, 0.1) is 17.7 Å². The molecule has 0 aliphatic heterocycles. The molecule has 0 fully saturated rings. The van der Waals surface area contributed by atoms with Gasteiger partial charge in [-0.05, 0) is 23.8 Å². The third kappa shape index (κ3) is 3.52. The molecule has 6 heteroatoms. The van der Waals surface area contributed by atoms with Gasteiger partial charge in [-0.15, -0.1) is 0 Å². The lowest BCUT2D eigenvalue weighted by Crippen LogP contribution is -2.13. The Morgan fingerprint density at radius 3 is 2.80 bits per heavy atom. The first-order valence-electron chi connectivity index (χ1n) is 6.12. The van der Waals surface area contributed by atoms with Crippen LogP contribution < -0.4 is 10.1 Å². The highest BCUT2D eigenvalue weighted by molar-refractivity contribution is 5.48. The summed E-state index contributed by atoms with van der Waals surface area (Å²) in [5.41, 5.74) is 1.73. The molecular weight excluding hydrogens is 258 g/mol. The zero-order chi connectivity index (χ0) is 14.4. The zero-order valence-corrected chi connectivity index (χ0v) is 11.1. The van der Waals surface area contributed by atoms with Gasteiger partial charge in [-0.3, -0.25) is 15.1 Å². The van der Waals surface area contributed by atoms with Gasteiger partial charge in [0, 0.05) is 25.4 Å². The first kappa shape index (κ1) is 14.0. The molecule has 1 aromatic carbocycles. The molecule has 1 aromatic heterocycles. The van der Waals surface area contributed by atoms with Crippen LogP contribution in [0.1, 0.15) is 11.3 Å². The van der Waals surface area contributed by atoms with Crippen LogP contribution in [0, 0.1) is 10.1 Å². The summed E-state index contributed by atoms with van der Waals surface area (Å²) in [7, 11) is 1.42. The molecule has 0 aliphatic rings. The fourth-order valence-corrected chi connectivity index (χ4v) is 1.83. The molecule has 20 heavy (non-hydrogen) atoms. The normalized spacial score (nSPS) is 10.2. The van der Waals surface area contributed by atoms with E-state index in [0.717, 1.165) is 11.3 Å². The van der Waals surface area contributed by atoms with E-state index in [1.165, 1.54) is 13.2 Å². The summed E-state index contributed by atoms with van der Waals surface area (Å²) in [4.78, 5) is 14.7. The van der Waals surface area contributed by atoms with Crippen LogP contribution in [0.3, 0.4) is 0 Å². The molecule has 6 nitrogen and oxygen atoms in total. The number of hydrogen-bond donors (Lipinski definition) is 1. The molecule has 0 saturated heterocycles. The number of hydrogen-bond acceptors (Lipinski definition) is 5. The molecule has 0 bridgehead atoms. The summed E-state index contributed by atoms with van der Waals surface area (Å²) >= 11 is 0. The van der Waals surface area contributed by atoms with Gasteiger partial charge < -0.3 is 10.1 Å². The predicted molar refractivity (Wildman–Crippen MR) is 74.4 cm³/mol. The highest BCUT2D eigenvalue weighted by Crippen LogP contribution is 2.27. The maximum Gasteiger partial charge on any atom is 0.311 e. The lowest BCUT2D eigenvalue weighted by Gasteiger charge is -2.06. The molecule has 2 aromatic rings. The van der Waals surface area contributed by atoms with Crippen LogP contribution >= 0.6 is 0 Å². The number of pyridine rings is 1. The van der Waals surface area contributed by atoms with Crippen molar-refractivity contribution in [3.63, 3.8) is 0 Å². The standard InChI is InChI=1S/C14H15N3O3/c1-20-14-6-5-11(8-13(14)17(18)19)9-15-10-12-4-2-3-7-16-12/h2-8,15H,9-10H2,1H3. The van der Waals surface area contributed by atoms with E-state index in [4.69, 9.17) is 4.74 Å². The van der Waals surface area contributed by atoms with Crippen LogP contribution in [0.2, 0.25) is 0 Å². The van der Waals surface area contributed by atoms with Crippen LogP contribution in [-0.2, 0) is 13.1 Å². The van der Waals surface area contributed by atoms with Crippen molar-refractivity contribution >= 4 is 5.69 Å². The largest absolute Gasteiger partial charge is 0.490 e. The molecule has 0 saturated carbocycles. The molecule has 0 radical (unpaired) electrons. The average Bonchev–Trinajstić information content (AvgIpc) is 2.48. The molecule has 2 rings (SSSR count). The molecule has 1 heterocycles. The summed E-state index contributed by atoms with van der Waals surface area (Å²) in [6.07, 6.45) is 1.73. The van der Waals surface area contributed by atoms with Crippen molar-refractivity contribution in [2.24, 2.45) is 0 Å². The predicted octanol–water partition coefficient (Wildman–Crippen LogP) is 2.29. The lowest BCUT2D eigenvalue weighted by molar-refractivity contribution is -0.385. The Kier molecular flexibility index (Phi) is 4.62. The van der Waals surface area contributed by atoms with Gasteiger partial charge in [0.25, 0.3) is 0 Å². The van der Waals surface area contributed by atoms with Crippen molar-refractivity contribution in [1.82, 2.24) is 10.3 Å². The lowest BCUT2D eigenvalue weighted by atomic mass is 10.2. The van der Waals surface area contributed by atoms with Crippen molar-refractivity contribution in [3.05, 3.63) is 64.0 Å². The summed E-state index contributed by atoms with van der Waals surface area (Å²) in [6, 6.07) is 10.6. The number of nitro groups is 1. The van der Waals surface area contributed by atoms with Gasteiger partial charge in [0.2, 0.25) is 0 Å². The molecular formula is C14H15N3O3. The van der Waals surface area contributed by atoms with Crippen molar-refractivity contribution in [2.45, 2.75) is 13.1 Å². The van der Waals surface area contributed by atoms with Gasteiger partial charge >= 0.3 is 5.69 Å². The maximum absolute atomic E-state index is 10.9. The summed E-state index contributed by atoms with van der Waals surface area (Å²) in [5, 5.41) is 14.1. The average molecular weight is 273 g/mol. The quantitative estimate of drug-likeness (QED) is 0.645. The highest BCUT2D eigenvalue weighted by Gasteiger charge is 2.14. The molecule has 0 aliphatic carbocycles. The van der Waals surface area contributed by atoms with Crippen LogP contribution in [0.15, 0.2) is 42.6 Å². The number of nitrogens with one attached hydrogen (secondary N) is 1. The third-order valence-electron chi connectivity index (χ3n) is 2.80. The smallest absolute Gasteiger partial charge is 0.311 e. The fourth-order valence-electron chi connectivity index (χ4n) is 1.83. The van der Waals surface area contributed by atoms with Crippen LogP contribution in [0.25, 0.3) is 0 Å². The van der Waals surface area contributed by atoms with Gasteiger partial charge in [-0.2, -0.15) is 0 Å². The summed E-state index contributed by atoms with van der Waals surface area (Å²) in [6.45, 7) is 1.14. The van der Waals surface area contributed by atoms with Crippen molar-refractivity contribution in [1.29, 1.82) is 0 Å². The van der Waals surface area contributed by atoms with Gasteiger partial charge in [-0.1, -0.05) is 12.1 Å². The minimum Gasteiger partial charge on any atom is -0.490 e. The maximum atomic E-state index is 10.9. The number of rotatable bonds is 6. The number of ether oxygens (including phenoxy) is 1. The molecule has 0 spiro atoms.